The van der Waals surface area contributed by atoms with Crippen LogP contribution in [-0.2, 0) is 10.0 Å². The number of hydrogen-bond acceptors (Lipinski definition) is 3. The Labute approximate surface area is 93.8 Å². The van der Waals surface area contributed by atoms with Crippen molar-refractivity contribution in [3.05, 3.63) is 17.5 Å². The normalized spacial score (nSPS) is 33.6. The lowest BCUT2D eigenvalue weighted by molar-refractivity contribution is -0.0951. The van der Waals surface area contributed by atoms with Crippen molar-refractivity contribution < 1.29 is 8.42 Å². The average Bonchev–Trinajstić information content (AvgIpc) is 2.49. The van der Waals surface area contributed by atoms with Crippen molar-refractivity contribution in [2.24, 2.45) is 5.92 Å². The molecule has 3 saturated carbocycles. The predicted molar refractivity (Wildman–Crippen MR) is 59.3 cm³/mol. The zero-order chi connectivity index (χ0) is 10.7. The van der Waals surface area contributed by atoms with E-state index in [9.17, 15) is 8.42 Å². The summed E-state index contributed by atoms with van der Waals surface area (Å²) in [6.45, 7) is 0. The lowest BCUT2D eigenvalue weighted by atomic mass is 9.50. The van der Waals surface area contributed by atoms with Crippen LogP contribution in [0.3, 0.4) is 0 Å². The van der Waals surface area contributed by atoms with Gasteiger partial charge in [0.1, 0.15) is 4.21 Å². The highest BCUT2D eigenvalue weighted by Crippen LogP contribution is 2.61. The summed E-state index contributed by atoms with van der Waals surface area (Å²) in [5, 5.41) is 1.81. The first kappa shape index (κ1) is 9.81. The molecule has 3 nitrogen and oxygen atoms in total. The van der Waals surface area contributed by atoms with E-state index in [1.165, 1.54) is 11.3 Å². The molecule has 0 saturated heterocycles. The molecule has 0 aliphatic heterocycles. The first-order valence-corrected chi connectivity index (χ1v) is 7.39. The largest absolute Gasteiger partial charge is 0.252 e. The second kappa shape index (κ2) is 2.84. The maximum Gasteiger partial charge on any atom is 0.252 e. The molecule has 5 heteroatoms. The highest BCUT2D eigenvalue weighted by molar-refractivity contribution is 7.91. The predicted octanol–water partition coefficient (Wildman–Crippen LogP) is 1.92. The van der Waals surface area contributed by atoms with Gasteiger partial charge in [0.05, 0.1) is 0 Å². The molecule has 0 atom stereocenters. The summed E-state index contributed by atoms with van der Waals surface area (Å²) in [5.74, 6) is 0.797. The number of nitrogens with zero attached hydrogens (tertiary/aromatic N) is 1. The standard InChI is InChI=1S/C10H13NO2S2/c1-11(10-5-8(6-10)7-10)15(12,13)9-3-2-4-14-9/h2-4,8H,5-7H2,1H3. The van der Waals surface area contributed by atoms with Crippen LogP contribution >= 0.6 is 11.3 Å². The van der Waals surface area contributed by atoms with E-state index in [1.807, 2.05) is 5.38 Å². The van der Waals surface area contributed by atoms with E-state index in [1.54, 1.807) is 23.5 Å². The van der Waals surface area contributed by atoms with Crippen LogP contribution in [0, 0.1) is 5.92 Å². The molecule has 0 N–H and O–H groups in total. The van der Waals surface area contributed by atoms with E-state index in [0.29, 0.717) is 4.21 Å². The summed E-state index contributed by atoms with van der Waals surface area (Å²) in [4.78, 5) is 0. The molecule has 4 rings (SSSR count). The van der Waals surface area contributed by atoms with Crippen molar-refractivity contribution in [1.29, 1.82) is 0 Å². The van der Waals surface area contributed by atoms with Gasteiger partial charge in [0.15, 0.2) is 0 Å². The van der Waals surface area contributed by atoms with Crippen molar-refractivity contribution in [2.75, 3.05) is 7.05 Å². The van der Waals surface area contributed by atoms with E-state index in [-0.39, 0.29) is 5.54 Å². The third-order valence-corrected chi connectivity index (χ3v) is 7.12. The minimum Gasteiger partial charge on any atom is -0.206 e. The van der Waals surface area contributed by atoms with Crippen LogP contribution in [0.15, 0.2) is 21.7 Å². The van der Waals surface area contributed by atoms with E-state index < -0.39 is 10.0 Å². The molecule has 0 radical (unpaired) electrons. The smallest absolute Gasteiger partial charge is 0.206 e. The van der Waals surface area contributed by atoms with Gasteiger partial charge in [-0.3, -0.25) is 0 Å². The average molecular weight is 243 g/mol. The fourth-order valence-electron chi connectivity index (χ4n) is 2.62. The third kappa shape index (κ3) is 1.17. The van der Waals surface area contributed by atoms with Gasteiger partial charge in [-0.25, -0.2) is 8.42 Å². The first-order chi connectivity index (χ1) is 7.05. The van der Waals surface area contributed by atoms with Crippen LogP contribution in [0.4, 0.5) is 0 Å². The van der Waals surface area contributed by atoms with Crippen LogP contribution in [0.25, 0.3) is 0 Å². The molecule has 0 unspecified atom stereocenters. The Hall–Kier alpha value is -0.390. The third-order valence-electron chi connectivity index (χ3n) is 3.78. The Bertz CT molecular complexity index is 461. The molecule has 1 aromatic heterocycles. The summed E-state index contributed by atoms with van der Waals surface area (Å²) in [6.07, 6.45) is 3.19. The van der Waals surface area contributed by atoms with Crippen molar-refractivity contribution in [2.45, 2.75) is 29.0 Å². The minimum atomic E-state index is -3.22. The number of thiophene rings is 1. The molecule has 3 aliphatic rings. The molecule has 1 aromatic rings. The molecule has 0 aromatic carbocycles. The number of rotatable bonds is 3. The SMILES string of the molecule is CN(C12CC(C1)C2)S(=O)(=O)c1cccs1. The molecule has 82 valence electrons. The zero-order valence-corrected chi connectivity index (χ0v) is 10.1. The highest BCUT2D eigenvalue weighted by atomic mass is 32.2. The van der Waals surface area contributed by atoms with Crippen LogP contribution < -0.4 is 0 Å². The van der Waals surface area contributed by atoms with Gasteiger partial charge in [-0.2, -0.15) is 4.31 Å². The Morgan fingerprint density at radius 2 is 2.13 bits per heavy atom. The second-order valence-corrected chi connectivity index (χ2v) is 7.75. The van der Waals surface area contributed by atoms with Gasteiger partial charge >= 0.3 is 0 Å². The summed E-state index contributed by atoms with van der Waals surface area (Å²) in [7, 11) is -1.50. The summed E-state index contributed by atoms with van der Waals surface area (Å²) < 4.78 is 26.5. The van der Waals surface area contributed by atoms with Gasteiger partial charge in [0.2, 0.25) is 0 Å². The van der Waals surface area contributed by atoms with Crippen molar-refractivity contribution >= 4 is 21.4 Å². The minimum absolute atomic E-state index is 0.0203. The molecule has 3 aliphatic carbocycles. The zero-order valence-electron chi connectivity index (χ0n) is 8.51. The highest BCUT2D eigenvalue weighted by Gasteiger charge is 2.61. The molecule has 0 amide bonds. The first-order valence-electron chi connectivity index (χ1n) is 5.07. The molecular weight excluding hydrogens is 230 g/mol. The number of hydrogen-bond donors (Lipinski definition) is 0. The van der Waals surface area contributed by atoms with Crippen LogP contribution in [0.2, 0.25) is 0 Å². The maximum absolute atomic E-state index is 12.2. The van der Waals surface area contributed by atoms with Gasteiger partial charge in [-0.1, -0.05) is 6.07 Å². The second-order valence-electron chi connectivity index (χ2n) is 4.61. The molecule has 15 heavy (non-hydrogen) atoms. The monoisotopic (exact) mass is 243 g/mol. The van der Waals surface area contributed by atoms with Crippen molar-refractivity contribution in [3.63, 3.8) is 0 Å². The van der Waals surface area contributed by atoms with Gasteiger partial charge in [-0.15, -0.1) is 11.3 Å². The van der Waals surface area contributed by atoms with Crippen molar-refractivity contribution in [1.82, 2.24) is 4.31 Å². The fourth-order valence-corrected chi connectivity index (χ4v) is 5.31. The van der Waals surface area contributed by atoms with Crippen LogP contribution in [0.5, 0.6) is 0 Å². The number of sulfonamides is 1. The molecule has 1 heterocycles. The summed E-state index contributed by atoms with van der Waals surface area (Å²) >= 11 is 1.30. The Balaban J connectivity index is 1.93. The lowest BCUT2D eigenvalue weighted by Crippen LogP contribution is -2.68. The Kier molecular flexibility index (Phi) is 1.86. The topological polar surface area (TPSA) is 37.4 Å². The molecule has 2 bridgehead atoms. The van der Waals surface area contributed by atoms with Crippen LogP contribution in [0.1, 0.15) is 19.3 Å². The Morgan fingerprint density at radius 1 is 1.47 bits per heavy atom. The maximum atomic E-state index is 12.2. The summed E-state index contributed by atoms with van der Waals surface area (Å²) in [6, 6.07) is 3.47. The summed E-state index contributed by atoms with van der Waals surface area (Å²) in [5.41, 5.74) is -0.0203. The molecule has 3 fully saturated rings. The van der Waals surface area contributed by atoms with E-state index >= 15 is 0 Å². The van der Waals surface area contributed by atoms with E-state index in [2.05, 4.69) is 0 Å². The van der Waals surface area contributed by atoms with E-state index in [0.717, 1.165) is 25.2 Å². The van der Waals surface area contributed by atoms with Gasteiger partial charge < -0.3 is 0 Å². The fraction of sp³-hybridized carbons (Fsp3) is 0.600. The molecular formula is C10H13NO2S2. The van der Waals surface area contributed by atoms with Gasteiger partial charge in [0, 0.05) is 12.6 Å². The van der Waals surface area contributed by atoms with Crippen molar-refractivity contribution in [3.8, 4) is 0 Å². The lowest BCUT2D eigenvalue weighted by Gasteiger charge is -2.64. The quantitative estimate of drug-likeness (QED) is 0.813. The van der Waals surface area contributed by atoms with Gasteiger partial charge in [-0.05, 0) is 36.6 Å². The van der Waals surface area contributed by atoms with Gasteiger partial charge in [0.25, 0.3) is 10.0 Å². The Morgan fingerprint density at radius 3 is 2.53 bits per heavy atom. The molecule has 0 spiro atoms. The van der Waals surface area contributed by atoms with Crippen LogP contribution in [-0.4, -0.2) is 25.3 Å². The van der Waals surface area contributed by atoms with E-state index in [4.69, 9.17) is 0 Å².